The van der Waals surface area contributed by atoms with E-state index in [1.807, 2.05) is 73.7 Å². The van der Waals surface area contributed by atoms with Crippen molar-refractivity contribution >= 4 is 34.0 Å². The average Bonchev–Trinajstić information content (AvgIpc) is 2.70. The molecule has 3 N–H and O–H groups in total. The van der Waals surface area contributed by atoms with E-state index in [1.54, 1.807) is 0 Å². The first-order valence-corrected chi connectivity index (χ1v) is 10.0. The second-order valence-electron chi connectivity index (χ2n) is 7.29. The van der Waals surface area contributed by atoms with Gasteiger partial charge in [-0.1, -0.05) is 61.5 Å². The molecular weight excluding hydrogens is 362 g/mol. The van der Waals surface area contributed by atoms with Crippen LogP contribution in [0, 0.1) is 6.92 Å². The largest absolute Gasteiger partial charge is 0.321 e. The predicted octanol–water partition coefficient (Wildman–Crippen LogP) is 3.02. The van der Waals surface area contributed by atoms with E-state index in [9.17, 15) is 9.59 Å². The summed E-state index contributed by atoms with van der Waals surface area (Å²) in [6, 6.07) is 21.5. The van der Waals surface area contributed by atoms with Gasteiger partial charge in [0.25, 0.3) is 11.8 Å². The summed E-state index contributed by atoms with van der Waals surface area (Å²) in [6.45, 7) is 5.28. The molecule has 0 aliphatic heterocycles. The molecule has 0 radical (unpaired) electrons. The van der Waals surface area contributed by atoms with E-state index in [0.717, 1.165) is 45.6 Å². The number of carbonyl (C=O) groups is 2. The maximum absolute atomic E-state index is 12.7. The molecule has 29 heavy (non-hydrogen) atoms. The molecule has 2 amide bonds. The molecule has 0 aliphatic carbocycles. The maximum atomic E-state index is 12.7. The maximum Gasteiger partial charge on any atom is 0.279 e. The van der Waals surface area contributed by atoms with Gasteiger partial charge in [0.15, 0.2) is 13.1 Å². The molecule has 0 spiro atoms. The minimum atomic E-state index is -0.0894. The zero-order valence-corrected chi connectivity index (χ0v) is 17.0. The van der Waals surface area contributed by atoms with Crippen LogP contribution in [0.4, 0.5) is 11.4 Å². The normalized spacial score (nSPS) is 11.8. The summed E-state index contributed by atoms with van der Waals surface area (Å²) in [7, 11) is 0. The summed E-state index contributed by atoms with van der Waals surface area (Å²) in [4.78, 5) is 26.1. The van der Waals surface area contributed by atoms with Gasteiger partial charge < -0.3 is 15.5 Å². The Bertz CT molecular complexity index is 995. The number of quaternary nitrogens is 1. The van der Waals surface area contributed by atoms with Crippen LogP contribution in [0.15, 0.2) is 66.7 Å². The smallest absolute Gasteiger partial charge is 0.279 e. The molecule has 5 nitrogen and oxygen atoms in total. The lowest BCUT2D eigenvalue weighted by Gasteiger charge is -2.19. The first-order valence-electron chi connectivity index (χ1n) is 10.0. The highest BCUT2D eigenvalue weighted by molar-refractivity contribution is 6.02. The number of hydrogen-bond donors (Lipinski definition) is 3. The Balaban J connectivity index is 1.62. The highest BCUT2D eigenvalue weighted by atomic mass is 16.2. The molecule has 0 aromatic heterocycles. The van der Waals surface area contributed by atoms with Crippen molar-refractivity contribution in [2.24, 2.45) is 0 Å². The lowest BCUT2D eigenvalue weighted by molar-refractivity contribution is -0.883. The Morgan fingerprint density at radius 3 is 2.10 bits per heavy atom. The summed E-state index contributed by atoms with van der Waals surface area (Å²) in [5, 5.41) is 8.06. The molecule has 0 heterocycles. The van der Waals surface area contributed by atoms with Crippen molar-refractivity contribution in [1.29, 1.82) is 0 Å². The van der Waals surface area contributed by atoms with Crippen LogP contribution in [-0.2, 0) is 9.59 Å². The highest BCUT2D eigenvalue weighted by Crippen LogP contribution is 2.22. The van der Waals surface area contributed by atoms with Crippen molar-refractivity contribution in [1.82, 2.24) is 0 Å². The molecule has 3 rings (SSSR count). The van der Waals surface area contributed by atoms with Crippen molar-refractivity contribution in [3.8, 4) is 0 Å². The van der Waals surface area contributed by atoms with Crippen molar-refractivity contribution in [3.63, 3.8) is 0 Å². The number of nitrogens with one attached hydrogen (secondary N) is 3. The van der Waals surface area contributed by atoms with Gasteiger partial charge in [-0.05, 0) is 36.4 Å². The van der Waals surface area contributed by atoms with Crippen molar-refractivity contribution < 1.29 is 14.5 Å². The summed E-state index contributed by atoms with van der Waals surface area (Å²) >= 11 is 0. The number of carbonyl (C=O) groups excluding carboxylic acids is 2. The number of para-hydroxylation sites is 1. The van der Waals surface area contributed by atoms with Crippen molar-refractivity contribution in [2.45, 2.75) is 20.3 Å². The van der Waals surface area contributed by atoms with E-state index < -0.39 is 0 Å². The fourth-order valence-corrected chi connectivity index (χ4v) is 3.48. The third-order valence-corrected chi connectivity index (χ3v) is 4.91. The number of fused-ring (bicyclic) bond motifs is 1. The van der Waals surface area contributed by atoms with E-state index in [4.69, 9.17) is 0 Å². The SMILES string of the molecule is CCC[NH+](CC(=O)Nc1ccccc1C)CC(=O)Nc1cccc2ccccc12. The number of hydrogen-bond acceptors (Lipinski definition) is 2. The summed E-state index contributed by atoms with van der Waals surface area (Å²) in [5.41, 5.74) is 2.63. The van der Waals surface area contributed by atoms with Crippen LogP contribution in [0.3, 0.4) is 0 Å². The first kappa shape index (κ1) is 20.6. The number of amides is 2. The number of rotatable bonds is 8. The minimum Gasteiger partial charge on any atom is -0.321 e. The van der Waals surface area contributed by atoms with Crippen molar-refractivity contribution in [2.75, 3.05) is 30.3 Å². The predicted molar refractivity (Wildman–Crippen MR) is 118 cm³/mol. The molecule has 3 aromatic rings. The second kappa shape index (κ2) is 9.85. The molecule has 1 atom stereocenters. The molecular formula is C24H28N3O2+. The summed E-state index contributed by atoms with van der Waals surface area (Å²) < 4.78 is 0. The molecule has 0 aliphatic rings. The standard InChI is InChI=1S/C24H27N3O2/c1-3-15-27(16-23(28)25-21-13-7-4-9-18(21)2)17-24(29)26-22-14-8-11-19-10-5-6-12-20(19)22/h4-14H,3,15-17H2,1-2H3,(H,25,28)(H,26,29)/p+1. The Morgan fingerprint density at radius 1 is 0.793 bits per heavy atom. The molecule has 150 valence electrons. The van der Waals surface area contributed by atoms with Gasteiger partial charge in [-0.3, -0.25) is 9.59 Å². The monoisotopic (exact) mass is 390 g/mol. The average molecular weight is 391 g/mol. The number of benzene rings is 3. The van der Waals surface area contributed by atoms with Gasteiger partial charge in [0.1, 0.15) is 0 Å². The van der Waals surface area contributed by atoms with Gasteiger partial charge in [-0.15, -0.1) is 0 Å². The summed E-state index contributed by atoms with van der Waals surface area (Å²) in [6.07, 6.45) is 0.897. The van der Waals surface area contributed by atoms with Crippen LogP contribution in [0.5, 0.6) is 0 Å². The summed E-state index contributed by atoms with van der Waals surface area (Å²) in [5.74, 6) is -0.172. The Kier molecular flexibility index (Phi) is 6.98. The third kappa shape index (κ3) is 5.65. The van der Waals surface area contributed by atoms with Crippen LogP contribution in [0.1, 0.15) is 18.9 Å². The molecule has 0 bridgehead atoms. The lowest BCUT2D eigenvalue weighted by Crippen LogP contribution is -3.14. The Labute approximate surface area is 171 Å². The van der Waals surface area contributed by atoms with E-state index in [-0.39, 0.29) is 24.9 Å². The fourth-order valence-electron chi connectivity index (χ4n) is 3.48. The quantitative estimate of drug-likeness (QED) is 0.554. The topological polar surface area (TPSA) is 62.6 Å². The number of anilines is 2. The van der Waals surface area contributed by atoms with E-state index >= 15 is 0 Å². The van der Waals surface area contributed by atoms with E-state index in [2.05, 4.69) is 17.6 Å². The molecule has 3 aromatic carbocycles. The molecule has 5 heteroatoms. The fraction of sp³-hybridized carbons (Fsp3) is 0.250. The van der Waals surface area contributed by atoms with Gasteiger partial charge in [0.2, 0.25) is 0 Å². The van der Waals surface area contributed by atoms with Crippen LogP contribution >= 0.6 is 0 Å². The van der Waals surface area contributed by atoms with Gasteiger partial charge >= 0.3 is 0 Å². The molecule has 1 unspecified atom stereocenters. The molecule has 0 saturated heterocycles. The Morgan fingerprint density at radius 2 is 1.38 bits per heavy atom. The number of aryl methyl sites for hydroxylation is 1. The van der Waals surface area contributed by atoms with Gasteiger partial charge in [0, 0.05) is 16.8 Å². The zero-order valence-electron chi connectivity index (χ0n) is 17.0. The van der Waals surface area contributed by atoms with Gasteiger partial charge in [0.05, 0.1) is 6.54 Å². The minimum absolute atomic E-state index is 0.0827. The van der Waals surface area contributed by atoms with Gasteiger partial charge in [-0.25, -0.2) is 0 Å². The van der Waals surface area contributed by atoms with E-state index in [1.165, 1.54) is 0 Å². The third-order valence-electron chi connectivity index (χ3n) is 4.91. The molecule has 0 saturated carbocycles. The first-order chi connectivity index (χ1) is 14.1. The second-order valence-corrected chi connectivity index (χ2v) is 7.29. The van der Waals surface area contributed by atoms with Crippen LogP contribution in [0.2, 0.25) is 0 Å². The van der Waals surface area contributed by atoms with Crippen molar-refractivity contribution in [3.05, 3.63) is 72.3 Å². The van der Waals surface area contributed by atoms with Gasteiger partial charge in [-0.2, -0.15) is 0 Å². The lowest BCUT2D eigenvalue weighted by atomic mass is 10.1. The van der Waals surface area contributed by atoms with Crippen LogP contribution in [-0.4, -0.2) is 31.4 Å². The zero-order chi connectivity index (χ0) is 20.6. The Hall–Kier alpha value is -3.18. The van der Waals surface area contributed by atoms with Crippen LogP contribution in [0.25, 0.3) is 10.8 Å². The molecule has 0 fully saturated rings. The van der Waals surface area contributed by atoms with E-state index in [0.29, 0.717) is 0 Å². The van der Waals surface area contributed by atoms with Crippen LogP contribution < -0.4 is 15.5 Å². The highest BCUT2D eigenvalue weighted by Gasteiger charge is 2.18.